The van der Waals surface area contributed by atoms with E-state index in [9.17, 15) is 0 Å². The van der Waals surface area contributed by atoms with Crippen molar-refractivity contribution in [1.29, 1.82) is 0 Å². The zero-order valence-electron chi connectivity index (χ0n) is 34.4. The number of nitrogens with zero attached hydrogens (tertiary/aromatic N) is 6. The first-order valence-corrected chi connectivity index (χ1v) is 32.7. The van der Waals surface area contributed by atoms with Crippen molar-refractivity contribution in [2.75, 3.05) is 0 Å². The number of aryl methyl sites for hydroxylation is 2. The Hall–Kier alpha value is -4.99. The van der Waals surface area contributed by atoms with Crippen LogP contribution in [0.15, 0.2) is 165 Å². The Kier molecular flexibility index (Phi) is 13.6. The van der Waals surface area contributed by atoms with Crippen molar-refractivity contribution in [2.45, 2.75) is 40.0 Å². The molecule has 0 fully saturated rings. The predicted octanol–water partition coefficient (Wildman–Crippen LogP) is 12.0. The van der Waals surface area contributed by atoms with Gasteiger partial charge >= 0.3 is 50.5 Å². The number of hydrogen-bond acceptors (Lipinski definition) is 4. The van der Waals surface area contributed by atoms with Crippen LogP contribution in [0.5, 0.6) is 0 Å². The molecule has 0 N–H and O–H groups in total. The van der Waals surface area contributed by atoms with Crippen LogP contribution in [0.2, 0.25) is 0 Å². The van der Waals surface area contributed by atoms with Gasteiger partial charge in [-0.3, -0.25) is 19.9 Å². The van der Waals surface area contributed by atoms with Crippen LogP contribution in [0, 0.1) is 13.8 Å². The maximum atomic E-state index is 4.33. The molecule has 0 bridgehead atoms. The molecule has 0 aliphatic carbocycles. The summed E-state index contributed by atoms with van der Waals surface area (Å²) >= 11 is 5.30. The van der Waals surface area contributed by atoms with E-state index in [1.165, 1.54) is 38.9 Å². The van der Waals surface area contributed by atoms with E-state index in [4.69, 9.17) is 0 Å². The molecule has 1 atom stereocenters. The van der Waals surface area contributed by atoms with Crippen molar-refractivity contribution < 1.29 is 13.3 Å². The molecule has 9 heteroatoms. The van der Waals surface area contributed by atoms with Crippen molar-refractivity contribution in [3.8, 4) is 33.6 Å². The number of aromatic nitrogens is 6. The van der Waals surface area contributed by atoms with E-state index in [1.54, 1.807) is 0 Å². The third kappa shape index (κ3) is 8.74. The summed E-state index contributed by atoms with van der Waals surface area (Å²) in [6, 6.07) is 39.2. The van der Waals surface area contributed by atoms with E-state index >= 15 is 0 Å². The van der Waals surface area contributed by atoms with Crippen LogP contribution in [0.4, 0.5) is 0 Å². The van der Waals surface area contributed by atoms with Crippen LogP contribution in [-0.2, 0) is 0 Å². The summed E-state index contributed by atoms with van der Waals surface area (Å²) in [5.74, 6) is 0.599. The SMILES string of the molecule is C=Cc1ccc(-c2ccc(-n3c4ccncc4c4cnccc43)cc2C)cc1.CCC(C)c1ccc(-c2ccc(-n3c4ccncc4c4cnccc43)cc2C)cc1.I[I-]I. The number of pyridine rings is 4. The van der Waals surface area contributed by atoms with Gasteiger partial charge in [0.05, 0.1) is 22.1 Å². The predicted molar refractivity (Wildman–Crippen MR) is 270 cm³/mol. The van der Waals surface area contributed by atoms with Gasteiger partial charge in [0.2, 0.25) is 0 Å². The fourth-order valence-electron chi connectivity index (χ4n) is 8.22. The van der Waals surface area contributed by atoms with E-state index < -0.39 is 0 Å². The average molecular weight is 1130 g/mol. The third-order valence-electron chi connectivity index (χ3n) is 11.5. The summed E-state index contributed by atoms with van der Waals surface area (Å²) in [5.41, 5.74) is 16.9. The van der Waals surface area contributed by atoms with Crippen LogP contribution in [0.3, 0.4) is 0 Å². The Balaban J connectivity index is 0.000000159. The summed E-state index contributed by atoms with van der Waals surface area (Å²) in [4.78, 5) is 17.3. The summed E-state index contributed by atoms with van der Waals surface area (Å²) in [6.45, 7) is 12.7. The fourth-order valence-corrected chi connectivity index (χ4v) is 8.22. The maximum absolute atomic E-state index is 4.33. The molecule has 1 unspecified atom stereocenters. The zero-order chi connectivity index (χ0) is 42.5. The van der Waals surface area contributed by atoms with Crippen molar-refractivity contribution in [3.63, 3.8) is 0 Å². The molecule has 0 amide bonds. The van der Waals surface area contributed by atoms with Gasteiger partial charge in [-0.2, -0.15) is 0 Å². The van der Waals surface area contributed by atoms with Crippen LogP contribution in [0.25, 0.3) is 83.3 Å². The Labute approximate surface area is 386 Å². The molecular formula is C52H44I3N6-. The summed E-state index contributed by atoms with van der Waals surface area (Å²) in [6.07, 6.45) is 18.1. The van der Waals surface area contributed by atoms with Crippen molar-refractivity contribution >= 4 is 86.9 Å². The second-order valence-corrected chi connectivity index (χ2v) is 31.3. The molecule has 304 valence electrons. The van der Waals surface area contributed by atoms with E-state index in [1.807, 2.05) is 55.7 Å². The molecule has 0 aliphatic heterocycles. The monoisotopic (exact) mass is 1130 g/mol. The zero-order valence-corrected chi connectivity index (χ0v) is 40.9. The van der Waals surface area contributed by atoms with E-state index in [0.29, 0.717) is 19.2 Å². The molecule has 4 aromatic carbocycles. The van der Waals surface area contributed by atoms with Crippen molar-refractivity contribution in [2.24, 2.45) is 0 Å². The molecule has 0 aliphatic rings. The van der Waals surface area contributed by atoms with Gasteiger partial charge in [0.15, 0.2) is 0 Å². The van der Waals surface area contributed by atoms with E-state index in [0.717, 1.165) is 67.0 Å². The first-order chi connectivity index (χ1) is 29.8. The second kappa shape index (κ2) is 19.4. The summed E-state index contributed by atoms with van der Waals surface area (Å²) in [7, 11) is 0. The van der Waals surface area contributed by atoms with Gasteiger partial charge in [0.25, 0.3) is 0 Å². The van der Waals surface area contributed by atoms with Gasteiger partial charge in [-0.05, 0) is 119 Å². The second-order valence-electron chi connectivity index (χ2n) is 15.1. The summed E-state index contributed by atoms with van der Waals surface area (Å²) < 4.78 is 4.59. The molecule has 10 rings (SSSR count). The van der Waals surface area contributed by atoms with Gasteiger partial charge in [0.1, 0.15) is 0 Å². The normalized spacial score (nSPS) is 11.6. The van der Waals surface area contributed by atoms with Crippen LogP contribution >= 0.6 is 37.2 Å². The Morgan fingerprint density at radius 3 is 1.25 bits per heavy atom. The van der Waals surface area contributed by atoms with Crippen molar-refractivity contribution in [3.05, 3.63) is 188 Å². The third-order valence-corrected chi connectivity index (χ3v) is 11.5. The number of rotatable bonds is 7. The van der Waals surface area contributed by atoms with E-state index in [-0.39, 0.29) is 0 Å². The van der Waals surface area contributed by atoms with Crippen LogP contribution in [0.1, 0.15) is 48.4 Å². The fraction of sp³-hybridized carbons (Fsp3) is 0.115. The topological polar surface area (TPSA) is 61.4 Å². The van der Waals surface area contributed by atoms with Crippen LogP contribution < -0.4 is 13.3 Å². The minimum atomic E-state index is 0.530. The number of fused-ring (bicyclic) bond motifs is 6. The van der Waals surface area contributed by atoms with E-state index in [2.05, 4.69) is 210 Å². The van der Waals surface area contributed by atoms with Crippen LogP contribution in [-0.4, -0.2) is 29.1 Å². The van der Waals surface area contributed by atoms with Gasteiger partial charge in [-0.15, -0.1) is 0 Å². The molecule has 61 heavy (non-hydrogen) atoms. The van der Waals surface area contributed by atoms with Gasteiger partial charge in [-0.25, -0.2) is 0 Å². The number of hydrogen-bond donors (Lipinski definition) is 0. The number of halogens is 3. The van der Waals surface area contributed by atoms with Gasteiger partial charge in [-0.1, -0.05) is 87.2 Å². The number of benzene rings is 4. The first-order valence-electron chi connectivity index (χ1n) is 20.1. The molecule has 6 aromatic heterocycles. The molecule has 6 nitrogen and oxygen atoms in total. The average Bonchev–Trinajstić information content (AvgIpc) is 3.82. The molecular weight excluding hydrogens is 1090 g/mol. The Bertz CT molecular complexity index is 3030. The Morgan fingerprint density at radius 2 is 0.918 bits per heavy atom. The molecule has 0 saturated carbocycles. The van der Waals surface area contributed by atoms with Crippen molar-refractivity contribution in [1.82, 2.24) is 29.1 Å². The molecule has 10 aromatic rings. The Morgan fingerprint density at radius 1 is 0.557 bits per heavy atom. The van der Waals surface area contributed by atoms with Gasteiger partial charge in [0, 0.05) is 82.5 Å². The van der Waals surface area contributed by atoms with Gasteiger partial charge < -0.3 is 9.13 Å². The minimum absolute atomic E-state index is 0.530. The molecule has 0 radical (unpaired) electrons. The standard InChI is InChI=1S/C27H25N3.C25H19N3.I3/c1-4-18(2)20-5-7-21(8-6-20)23-10-9-22(15-19(23)3)30-26-11-13-28-16-24(26)25-17-29-14-12-27(25)30;1-3-18-4-6-19(7-5-18)21-9-8-20(14-17(21)2)28-24-10-12-26-15-22(24)23-16-27-13-11-25(23)28;1-3-2/h5-18H,4H2,1-3H3;3-16H,1H2,2H3;/q;;-1. The molecule has 6 heterocycles. The quantitative estimate of drug-likeness (QED) is 0.149. The molecule has 0 spiro atoms. The first kappa shape index (κ1) is 42.7. The summed E-state index contributed by atoms with van der Waals surface area (Å²) in [5, 5.41) is 4.49. The molecule has 0 saturated heterocycles.